The number of ether oxygens (including phenoxy) is 9. The van der Waals surface area contributed by atoms with Gasteiger partial charge in [0.2, 0.25) is 5.91 Å². The van der Waals surface area contributed by atoms with Crippen molar-refractivity contribution in [1.82, 2.24) is 10.6 Å². The molecule has 10 rings (SSSR count). The van der Waals surface area contributed by atoms with E-state index in [1.165, 1.54) is 25.1 Å². The molecular weight excluding hydrogens is 1230 g/mol. The van der Waals surface area contributed by atoms with Crippen LogP contribution in [0.3, 0.4) is 0 Å². The van der Waals surface area contributed by atoms with E-state index in [4.69, 9.17) is 47.1 Å². The summed E-state index contributed by atoms with van der Waals surface area (Å²) in [5, 5.41) is 42.7. The number of alkyl carbamates (subject to hydrolysis) is 1. The second kappa shape index (κ2) is 32.4. The van der Waals surface area contributed by atoms with Crippen molar-refractivity contribution in [2.75, 3.05) is 26.4 Å². The van der Waals surface area contributed by atoms with E-state index < -0.39 is 110 Å². The highest BCUT2D eigenvalue weighted by Gasteiger charge is 2.57. The van der Waals surface area contributed by atoms with Crippen molar-refractivity contribution in [3.63, 3.8) is 0 Å². The number of aliphatic hydroxyl groups is 2. The summed E-state index contributed by atoms with van der Waals surface area (Å²) in [4.78, 5) is 53.9. The molecular formula is C74H83N3O17Si. The van der Waals surface area contributed by atoms with Gasteiger partial charge in [-0.2, -0.15) is 0 Å². The van der Waals surface area contributed by atoms with Crippen LogP contribution in [0.1, 0.15) is 65.6 Å². The van der Waals surface area contributed by atoms with E-state index >= 15 is 0 Å². The normalized spacial score (nSPS) is 22.5. The summed E-state index contributed by atoms with van der Waals surface area (Å²) in [6.07, 6.45) is -14.1. The van der Waals surface area contributed by atoms with Crippen LogP contribution in [0.25, 0.3) is 11.1 Å². The molecule has 1 unspecified atom stereocenters. The third-order valence-corrected chi connectivity index (χ3v) is 22.3. The third kappa shape index (κ3) is 17.2. The van der Waals surface area contributed by atoms with Crippen molar-refractivity contribution in [3.05, 3.63) is 256 Å². The topological polar surface area (TPSA) is 251 Å². The van der Waals surface area contributed by atoms with Gasteiger partial charge in [0.15, 0.2) is 20.6 Å². The lowest BCUT2D eigenvalue weighted by Crippen LogP contribution is -2.72. The molecule has 2 saturated heterocycles. The number of nitrogens with one attached hydrogen (secondary N) is 2. The summed E-state index contributed by atoms with van der Waals surface area (Å²) in [6.45, 7) is 12.2. The van der Waals surface area contributed by atoms with Gasteiger partial charge in [0.25, 0.3) is 5.69 Å². The van der Waals surface area contributed by atoms with E-state index in [-0.39, 0.29) is 64.5 Å². The van der Waals surface area contributed by atoms with Crippen LogP contribution in [-0.2, 0) is 88.1 Å². The van der Waals surface area contributed by atoms with Gasteiger partial charge in [-0.1, -0.05) is 208 Å². The fraction of sp³-hybridized carbons (Fsp3) is 0.365. The van der Waals surface area contributed by atoms with Gasteiger partial charge in [-0.3, -0.25) is 14.9 Å². The van der Waals surface area contributed by atoms with E-state index in [9.17, 15) is 34.7 Å². The quantitative estimate of drug-likeness (QED) is 0.0107. The number of amides is 2. The maximum Gasteiger partial charge on any atom is 0.407 e. The Bertz CT molecular complexity index is 3600. The number of aliphatic hydroxyl groups excluding tert-OH is 2. The summed E-state index contributed by atoms with van der Waals surface area (Å²) < 4.78 is 67.1. The first-order chi connectivity index (χ1) is 45.9. The first kappa shape index (κ1) is 69.5. The number of nitro benzene ring substituents is 1. The highest BCUT2D eigenvalue weighted by molar-refractivity contribution is 6.74. The SMILES string of the molecule is C=CCOC(=O)[C@@H](NC(=O)OCC1c2ccccc2-c2ccccc21)C(O)[C@H]1O[C@H](CO[Si](C)(C)C(C)(C)c2ccc([N+](=O)[O-])cc2)[C@H](O)[C@H](O[C@@H]2O[C@H](COCc3ccccc3)[C@H](OCc3ccccc3)[C@H](OCc3ccccc3)[C@H]2OCc2ccccc2)[C@H]1NC(C)=O. The van der Waals surface area contributed by atoms with E-state index in [0.29, 0.717) is 0 Å². The lowest BCUT2D eigenvalue weighted by Gasteiger charge is -2.51. The Morgan fingerprint density at radius 3 is 1.67 bits per heavy atom. The molecule has 500 valence electrons. The molecule has 12 atom stereocenters. The Kier molecular flexibility index (Phi) is 23.7. The van der Waals surface area contributed by atoms with Gasteiger partial charge in [-0.05, 0) is 63.2 Å². The molecule has 0 spiro atoms. The predicted molar refractivity (Wildman–Crippen MR) is 356 cm³/mol. The minimum atomic E-state index is -3.10. The molecule has 0 bridgehead atoms. The van der Waals surface area contributed by atoms with E-state index in [1.54, 1.807) is 12.1 Å². The molecule has 7 aromatic carbocycles. The van der Waals surface area contributed by atoms with Gasteiger partial charge in [0.05, 0.1) is 50.6 Å². The highest BCUT2D eigenvalue weighted by Crippen LogP contribution is 2.45. The average Bonchev–Trinajstić information content (AvgIpc) is 1.13. The Morgan fingerprint density at radius 1 is 0.642 bits per heavy atom. The van der Waals surface area contributed by atoms with E-state index in [0.717, 1.165) is 50.1 Å². The number of esters is 1. The van der Waals surface area contributed by atoms with Crippen LogP contribution in [-0.4, -0.2) is 141 Å². The Hall–Kier alpha value is -8.29. The summed E-state index contributed by atoms with van der Waals surface area (Å²) in [5.74, 6) is -2.15. The maximum atomic E-state index is 14.5. The maximum absolute atomic E-state index is 14.5. The lowest BCUT2D eigenvalue weighted by molar-refractivity contribution is -0.384. The average molecular weight is 1310 g/mol. The van der Waals surface area contributed by atoms with Crippen LogP contribution < -0.4 is 10.6 Å². The van der Waals surface area contributed by atoms with Crippen LogP contribution in [0, 0.1) is 10.1 Å². The van der Waals surface area contributed by atoms with Gasteiger partial charge >= 0.3 is 12.1 Å². The van der Waals surface area contributed by atoms with Gasteiger partial charge in [-0.25, -0.2) is 9.59 Å². The first-order valence-electron chi connectivity index (χ1n) is 31.9. The van der Waals surface area contributed by atoms with Crippen LogP contribution in [0.15, 0.2) is 207 Å². The molecule has 2 amide bonds. The van der Waals surface area contributed by atoms with Crippen molar-refractivity contribution in [1.29, 1.82) is 0 Å². The molecule has 20 nitrogen and oxygen atoms in total. The number of carbonyl (C=O) groups is 3. The Balaban J connectivity index is 1.04. The first-order valence-corrected chi connectivity index (χ1v) is 34.8. The molecule has 0 saturated carbocycles. The highest BCUT2D eigenvalue weighted by atomic mass is 28.4. The van der Waals surface area contributed by atoms with E-state index in [1.807, 2.05) is 197 Å². The number of nitro groups is 1. The van der Waals surface area contributed by atoms with Gasteiger partial charge in [-0.15, -0.1) is 0 Å². The fourth-order valence-electron chi connectivity index (χ4n) is 12.3. The second-order valence-corrected chi connectivity index (χ2v) is 29.5. The monoisotopic (exact) mass is 1310 g/mol. The summed E-state index contributed by atoms with van der Waals surface area (Å²) in [7, 11) is -3.10. The number of fused-ring (bicyclic) bond motifs is 3. The van der Waals surface area contributed by atoms with Crippen molar-refractivity contribution in [2.24, 2.45) is 0 Å². The molecule has 0 radical (unpaired) electrons. The zero-order valence-corrected chi connectivity index (χ0v) is 54.9. The standard InChI is InChI=1S/C74H83N3O17Si/c1-7-40-86-71(81)62(76-73(82)90-45-59-57-34-22-20-32-55(57)56-33-21-23-35-58(56)59)65(80)68-63(75-48(2)78)67(64(79)60(92-68)47-91-95(5,6)74(3,4)53-36-38-54(39-37-53)77(83)84)94-72-70(89-44-52-30-18-11-19-31-52)69(88-43-51-28-16-10-17-29-51)66(87-42-50-26-14-9-15-27-50)61(93-72)46-85-41-49-24-12-8-13-25-49/h7-39,59-70,72,79-80H,1,40-47H2,2-6H3,(H,75,78)(H,76,82)/t60-,61-,62+,63-,64+,65?,66+,67-,68+,69+,70-,72+/m1/s1. The van der Waals surface area contributed by atoms with Crippen molar-refractivity contribution < 1.29 is 76.6 Å². The number of carbonyl (C=O) groups excluding carboxylic acids is 3. The largest absolute Gasteiger partial charge is 0.460 e. The summed E-state index contributed by atoms with van der Waals surface area (Å²) in [6, 6.07) is 56.5. The van der Waals surface area contributed by atoms with Crippen molar-refractivity contribution in [3.8, 4) is 11.1 Å². The molecule has 4 N–H and O–H groups in total. The van der Waals surface area contributed by atoms with E-state index in [2.05, 4.69) is 17.2 Å². The summed E-state index contributed by atoms with van der Waals surface area (Å²) in [5.41, 5.74) is 7.87. The number of benzene rings is 7. The molecule has 21 heteroatoms. The van der Waals surface area contributed by atoms with Crippen molar-refractivity contribution >= 4 is 32.0 Å². The summed E-state index contributed by atoms with van der Waals surface area (Å²) >= 11 is 0. The molecule has 7 aromatic rings. The Morgan fingerprint density at radius 2 is 1.15 bits per heavy atom. The lowest BCUT2D eigenvalue weighted by atomic mass is 9.87. The van der Waals surface area contributed by atoms with Crippen LogP contribution in [0.2, 0.25) is 13.1 Å². The molecule has 2 aliphatic heterocycles. The minimum absolute atomic E-state index is 0.00403. The second-order valence-electron chi connectivity index (χ2n) is 24.9. The predicted octanol–water partition coefficient (Wildman–Crippen LogP) is 10.3. The van der Waals surface area contributed by atoms with Gasteiger partial charge in [0, 0.05) is 30.0 Å². The fourth-order valence-corrected chi connectivity index (χ4v) is 14.1. The minimum Gasteiger partial charge on any atom is -0.460 e. The zero-order valence-electron chi connectivity index (χ0n) is 53.9. The molecule has 2 heterocycles. The Labute approximate surface area is 554 Å². The number of non-ortho nitro benzene ring substituents is 1. The molecule has 1 aliphatic carbocycles. The number of hydrogen-bond acceptors (Lipinski definition) is 17. The van der Waals surface area contributed by atoms with Gasteiger partial charge < -0.3 is 67.9 Å². The zero-order chi connectivity index (χ0) is 67.1. The van der Waals surface area contributed by atoms with Crippen LogP contribution in [0.4, 0.5) is 10.5 Å². The number of nitrogens with zero attached hydrogens (tertiary/aromatic N) is 1. The molecule has 95 heavy (non-hydrogen) atoms. The molecule has 0 aromatic heterocycles. The van der Waals surface area contributed by atoms with Gasteiger partial charge in [0.1, 0.15) is 68.1 Å². The van der Waals surface area contributed by atoms with Crippen LogP contribution in [0.5, 0.6) is 0 Å². The number of hydrogen-bond donors (Lipinski definition) is 4. The van der Waals surface area contributed by atoms with Crippen LogP contribution >= 0.6 is 0 Å². The third-order valence-electron chi connectivity index (χ3n) is 18.1. The molecule has 2 fully saturated rings. The smallest absolute Gasteiger partial charge is 0.407 e. The molecule has 3 aliphatic rings. The number of rotatable bonds is 30. The van der Waals surface area contributed by atoms with Crippen molar-refractivity contribution in [2.45, 2.75) is 145 Å².